The van der Waals surface area contributed by atoms with Crippen molar-refractivity contribution < 1.29 is 22.7 Å². The summed E-state index contributed by atoms with van der Waals surface area (Å²) >= 11 is 4.94. The summed E-state index contributed by atoms with van der Waals surface area (Å²) in [5.41, 5.74) is 0.239. The highest BCUT2D eigenvalue weighted by Crippen LogP contribution is 2.25. The van der Waals surface area contributed by atoms with Gasteiger partial charge in [0.05, 0.1) is 5.69 Å². The van der Waals surface area contributed by atoms with E-state index < -0.39 is 18.3 Å². The zero-order valence-electron chi connectivity index (χ0n) is 11.6. The second-order valence-corrected chi connectivity index (χ2v) is 4.70. The van der Waals surface area contributed by atoms with E-state index in [0.717, 1.165) is 6.07 Å². The van der Waals surface area contributed by atoms with Gasteiger partial charge in [0.2, 0.25) is 0 Å². The standard InChI is InChI=1S/C15H11F3N2O2S/c16-10-5-3-4-9(8-10)13(21)20-15(23)19-11-6-1-2-7-12(11)22-14(17)18/h1-8,14H,(H2,19,20,21,23). The molecule has 0 aliphatic rings. The highest BCUT2D eigenvalue weighted by molar-refractivity contribution is 7.80. The number of carbonyl (C=O) groups excluding carboxylic acids is 1. The lowest BCUT2D eigenvalue weighted by Gasteiger charge is -2.13. The Kier molecular flexibility index (Phi) is 5.53. The van der Waals surface area contributed by atoms with Crippen LogP contribution in [0, 0.1) is 5.82 Å². The summed E-state index contributed by atoms with van der Waals surface area (Å²) in [7, 11) is 0. The van der Waals surface area contributed by atoms with Gasteiger partial charge in [-0.3, -0.25) is 10.1 Å². The van der Waals surface area contributed by atoms with E-state index in [0.29, 0.717) is 0 Å². The minimum atomic E-state index is -2.99. The van der Waals surface area contributed by atoms with Crippen molar-refractivity contribution in [2.24, 2.45) is 0 Å². The van der Waals surface area contributed by atoms with Crippen molar-refractivity contribution in [2.75, 3.05) is 5.32 Å². The number of halogens is 3. The van der Waals surface area contributed by atoms with Crippen LogP contribution in [-0.2, 0) is 0 Å². The molecular formula is C15H11F3N2O2S. The number of carbonyl (C=O) groups is 1. The molecule has 1 amide bonds. The number of para-hydroxylation sites is 2. The molecule has 0 saturated heterocycles. The zero-order chi connectivity index (χ0) is 16.8. The van der Waals surface area contributed by atoms with Crippen LogP contribution in [0.3, 0.4) is 0 Å². The van der Waals surface area contributed by atoms with Crippen LogP contribution >= 0.6 is 12.2 Å². The highest BCUT2D eigenvalue weighted by atomic mass is 32.1. The Morgan fingerprint density at radius 3 is 2.57 bits per heavy atom. The summed E-state index contributed by atoms with van der Waals surface area (Å²) in [6.45, 7) is -2.99. The number of alkyl halides is 2. The third-order valence-electron chi connectivity index (χ3n) is 2.67. The Bertz CT molecular complexity index is 725. The average molecular weight is 340 g/mol. The molecule has 0 fully saturated rings. The van der Waals surface area contributed by atoms with Crippen molar-refractivity contribution in [3.63, 3.8) is 0 Å². The van der Waals surface area contributed by atoms with Gasteiger partial charge in [-0.25, -0.2) is 4.39 Å². The topological polar surface area (TPSA) is 50.4 Å². The van der Waals surface area contributed by atoms with E-state index in [4.69, 9.17) is 12.2 Å². The van der Waals surface area contributed by atoms with E-state index in [2.05, 4.69) is 15.4 Å². The molecule has 2 aromatic rings. The van der Waals surface area contributed by atoms with Crippen LogP contribution in [-0.4, -0.2) is 17.6 Å². The highest BCUT2D eigenvalue weighted by Gasteiger charge is 2.12. The predicted molar refractivity (Wildman–Crippen MR) is 83.2 cm³/mol. The monoisotopic (exact) mass is 340 g/mol. The molecule has 0 unspecified atom stereocenters. The maximum atomic E-state index is 13.1. The Labute approximate surface area is 135 Å². The molecule has 0 aromatic heterocycles. The number of thiocarbonyl (C=S) groups is 1. The molecule has 0 aliphatic heterocycles. The molecule has 2 N–H and O–H groups in total. The largest absolute Gasteiger partial charge is 0.433 e. The van der Waals surface area contributed by atoms with Crippen molar-refractivity contribution in [3.05, 3.63) is 59.9 Å². The lowest BCUT2D eigenvalue weighted by Crippen LogP contribution is -2.34. The van der Waals surface area contributed by atoms with Gasteiger partial charge in [0, 0.05) is 5.56 Å². The number of nitrogens with one attached hydrogen (secondary N) is 2. The molecule has 23 heavy (non-hydrogen) atoms. The molecule has 8 heteroatoms. The Hall–Kier alpha value is -2.61. The fraction of sp³-hybridized carbons (Fsp3) is 0.0667. The normalized spacial score (nSPS) is 10.3. The van der Waals surface area contributed by atoms with Gasteiger partial charge in [-0.15, -0.1) is 0 Å². The first-order chi connectivity index (χ1) is 11.0. The van der Waals surface area contributed by atoms with Crippen molar-refractivity contribution in [1.29, 1.82) is 0 Å². The second kappa shape index (κ2) is 7.59. The molecule has 2 rings (SSSR count). The smallest absolute Gasteiger partial charge is 0.387 e. The molecule has 0 aliphatic carbocycles. The van der Waals surface area contributed by atoms with Gasteiger partial charge < -0.3 is 10.1 Å². The van der Waals surface area contributed by atoms with Crippen molar-refractivity contribution in [1.82, 2.24) is 5.32 Å². The van der Waals surface area contributed by atoms with Crippen LogP contribution in [0.15, 0.2) is 48.5 Å². The zero-order valence-corrected chi connectivity index (χ0v) is 12.4. The number of hydrogen-bond acceptors (Lipinski definition) is 3. The number of benzene rings is 2. The summed E-state index contributed by atoms with van der Waals surface area (Å²) in [6, 6.07) is 10.9. The molecular weight excluding hydrogens is 329 g/mol. The lowest BCUT2D eigenvalue weighted by molar-refractivity contribution is -0.0493. The molecule has 120 valence electrons. The summed E-state index contributed by atoms with van der Waals surface area (Å²) in [5.74, 6) is -1.31. The number of anilines is 1. The maximum Gasteiger partial charge on any atom is 0.387 e. The molecule has 2 aromatic carbocycles. The number of rotatable bonds is 4. The fourth-order valence-corrected chi connectivity index (χ4v) is 1.93. The summed E-state index contributed by atoms with van der Waals surface area (Å²) in [5, 5.41) is 4.77. The van der Waals surface area contributed by atoms with E-state index in [1.807, 2.05) is 0 Å². The number of hydrogen-bond donors (Lipinski definition) is 2. The first-order valence-electron chi connectivity index (χ1n) is 6.37. The first-order valence-corrected chi connectivity index (χ1v) is 6.78. The van der Waals surface area contributed by atoms with Crippen molar-refractivity contribution >= 4 is 28.9 Å². The number of amides is 1. The van der Waals surface area contributed by atoms with Gasteiger partial charge in [-0.2, -0.15) is 8.78 Å². The van der Waals surface area contributed by atoms with Gasteiger partial charge in [0.15, 0.2) is 5.11 Å². The Morgan fingerprint density at radius 2 is 1.87 bits per heavy atom. The van der Waals surface area contributed by atoms with E-state index in [1.165, 1.54) is 36.4 Å². The summed E-state index contributed by atoms with van der Waals surface area (Å²) in [4.78, 5) is 11.9. The molecule has 0 spiro atoms. The van der Waals surface area contributed by atoms with Gasteiger partial charge in [-0.1, -0.05) is 18.2 Å². The van der Waals surface area contributed by atoms with Crippen molar-refractivity contribution in [3.8, 4) is 5.75 Å². The third kappa shape index (κ3) is 4.96. The van der Waals surface area contributed by atoms with Crippen LogP contribution in [0.5, 0.6) is 5.75 Å². The van der Waals surface area contributed by atoms with Crippen LogP contribution in [0.25, 0.3) is 0 Å². The van der Waals surface area contributed by atoms with Gasteiger partial charge >= 0.3 is 6.61 Å². The van der Waals surface area contributed by atoms with Gasteiger partial charge in [0.25, 0.3) is 5.91 Å². The van der Waals surface area contributed by atoms with Gasteiger partial charge in [-0.05, 0) is 42.5 Å². The van der Waals surface area contributed by atoms with Crippen LogP contribution in [0.4, 0.5) is 18.9 Å². The first kappa shape index (κ1) is 16.8. The SMILES string of the molecule is O=C(NC(=S)Nc1ccccc1OC(F)F)c1cccc(F)c1. The maximum absolute atomic E-state index is 13.1. The average Bonchev–Trinajstić information content (AvgIpc) is 2.48. The van der Waals surface area contributed by atoms with Gasteiger partial charge in [0.1, 0.15) is 11.6 Å². The Morgan fingerprint density at radius 1 is 1.13 bits per heavy atom. The molecule has 0 atom stereocenters. The minimum Gasteiger partial charge on any atom is -0.433 e. The second-order valence-electron chi connectivity index (χ2n) is 4.29. The molecule has 0 saturated carbocycles. The quantitative estimate of drug-likeness (QED) is 0.836. The summed E-state index contributed by atoms with van der Waals surface area (Å²) in [6.07, 6.45) is 0. The fourth-order valence-electron chi connectivity index (χ4n) is 1.73. The minimum absolute atomic E-state index is 0.0752. The molecule has 0 radical (unpaired) electrons. The van der Waals surface area contributed by atoms with E-state index in [-0.39, 0.29) is 22.1 Å². The molecule has 4 nitrogen and oxygen atoms in total. The van der Waals surface area contributed by atoms with E-state index >= 15 is 0 Å². The van der Waals surface area contributed by atoms with Crippen LogP contribution in [0.1, 0.15) is 10.4 Å². The summed E-state index contributed by atoms with van der Waals surface area (Å²) < 4.78 is 42.0. The Balaban J connectivity index is 2.04. The van der Waals surface area contributed by atoms with Crippen LogP contribution in [0.2, 0.25) is 0 Å². The third-order valence-corrected chi connectivity index (χ3v) is 2.87. The molecule has 0 heterocycles. The van der Waals surface area contributed by atoms with E-state index in [1.54, 1.807) is 6.07 Å². The lowest BCUT2D eigenvalue weighted by atomic mass is 10.2. The van der Waals surface area contributed by atoms with Crippen molar-refractivity contribution in [2.45, 2.75) is 6.61 Å². The molecule has 0 bridgehead atoms. The predicted octanol–water partition coefficient (Wildman–Crippen LogP) is 3.55. The number of ether oxygens (including phenoxy) is 1. The van der Waals surface area contributed by atoms with E-state index in [9.17, 15) is 18.0 Å². The van der Waals surface area contributed by atoms with Crippen LogP contribution < -0.4 is 15.4 Å².